The molecule has 0 saturated carbocycles. The Morgan fingerprint density at radius 3 is 2.71 bits per heavy atom. The Labute approximate surface area is 165 Å². The van der Waals surface area contributed by atoms with E-state index in [1.165, 1.54) is 0 Å². The molecule has 146 valence electrons. The van der Waals surface area contributed by atoms with Crippen molar-refractivity contribution < 1.29 is 14.3 Å². The topological polar surface area (TPSA) is 60.5 Å². The van der Waals surface area contributed by atoms with Crippen molar-refractivity contribution in [3.05, 3.63) is 59.8 Å². The van der Waals surface area contributed by atoms with Crippen molar-refractivity contribution >= 4 is 28.2 Å². The van der Waals surface area contributed by atoms with Gasteiger partial charge in [-0.3, -0.25) is 4.98 Å². The van der Waals surface area contributed by atoms with Gasteiger partial charge < -0.3 is 14.8 Å². The first-order chi connectivity index (χ1) is 13.7. The first kappa shape index (κ1) is 19.7. The molecule has 28 heavy (non-hydrogen) atoms. The molecule has 5 heteroatoms. The van der Waals surface area contributed by atoms with E-state index in [0.717, 1.165) is 40.7 Å². The number of unbranched alkanes of at least 4 members (excludes halogenated alkanes) is 1. The monoisotopic (exact) mass is 378 g/mol. The van der Waals surface area contributed by atoms with Crippen molar-refractivity contribution in [1.29, 1.82) is 0 Å². The summed E-state index contributed by atoms with van der Waals surface area (Å²) in [5.41, 5.74) is 3.78. The van der Waals surface area contributed by atoms with Gasteiger partial charge in [0.2, 0.25) is 0 Å². The molecule has 0 bridgehead atoms. The second-order valence-electron chi connectivity index (χ2n) is 6.56. The summed E-state index contributed by atoms with van der Waals surface area (Å²) in [7, 11) is 0. The molecule has 0 saturated heterocycles. The number of fused-ring (bicyclic) bond motifs is 1. The third-order valence-corrected chi connectivity index (χ3v) is 4.50. The molecule has 0 atom stereocenters. The summed E-state index contributed by atoms with van der Waals surface area (Å²) >= 11 is 0. The molecule has 0 radical (unpaired) electrons. The van der Waals surface area contributed by atoms with Crippen LogP contribution in [0.25, 0.3) is 10.9 Å². The predicted molar refractivity (Wildman–Crippen MR) is 113 cm³/mol. The maximum Gasteiger partial charge on any atom is 0.341 e. The summed E-state index contributed by atoms with van der Waals surface area (Å²) in [6.45, 7) is 6.88. The first-order valence-corrected chi connectivity index (χ1v) is 9.70. The van der Waals surface area contributed by atoms with E-state index in [1.54, 1.807) is 13.1 Å². The van der Waals surface area contributed by atoms with E-state index in [2.05, 4.69) is 17.2 Å². The maximum absolute atomic E-state index is 12.5. The molecular formula is C23H26N2O3. The number of hydrogen-bond acceptors (Lipinski definition) is 5. The van der Waals surface area contributed by atoms with Crippen molar-refractivity contribution in [2.75, 3.05) is 18.5 Å². The van der Waals surface area contributed by atoms with Gasteiger partial charge in [-0.2, -0.15) is 0 Å². The van der Waals surface area contributed by atoms with E-state index in [0.29, 0.717) is 24.5 Å². The van der Waals surface area contributed by atoms with E-state index in [-0.39, 0.29) is 0 Å². The van der Waals surface area contributed by atoms with Gasteiger partial charge in [0.15, 0.2) is 0 Å². The minimum absolute atomic E-state index is 0.306. The van der Waals surface area contributed by atoms with Crippen molar-refractivity contribution in [3.63, 3.8) is 0 Å². The number of anilines is 2. The smallest absolute Gasteiger partial charge is 0.341 e. The standard InChI is InChI=1S/C23H26N2O3/c1-4-6-14-28-20-13-8-7-12-19(20)25-22-17-11-9-10-16(3)21(17)24-15-18(22)23(26)27-5-2/h7-13,15H,4-6,14H2,1-3H3,(H,24,25). The SMILES string of the molecule is CCCCOc1ccccc1Nc1c(C(=O)OCC)cnc2c(C)cccc12. The lowest BCUT2D eigenvalue weighted by Crippen LogP contribution is -2.10. The molecule has 3 aromatic rings. The van der Waals surface area contributed by atoms with Gasteiger partial charge in [0.1, 0.15) is 11.3 Å². The zero-order chi connectivity index (χ0) is 19.9. The molecule has 0 spiro atoms. The average Bonchev–Trinajstić information content (AvgIpc) is 2.70. The third kappa shape index (κ3) is 4.25. The fourth-order valence-corrected chi connectivity index (χ4v) is 3.03. The highest BCUT2D eigenvalue weighted by Gasteiger charge is 2.18. The first-order valence-electron chi connectivity index (χ1n) is 9.70. The number of ether oxygens (including phenoxy) is 2. The highest BCUT2D eigenvalue weighted by molar-refractivity contribution is 6.06. The third-order valence-electron chi connectivity index (χ3n) is 4.50. The van der Waals surface area contributed by atoms with Crippen LogP contribution in [-0.4, -0.2) is 24.2 Å². The van der Waals surface area contributed by atoms with Crippen LogP contribution in [0.5, 0.6) is 5.75 Å². The molecule has 0 unspecified atom stereocenters. The van der Waals surface area contributed by atoms with Crippen LogP contribution < -0.4 is 10.1 Å². The van der Waals surface area contributed by atoms with Crippen LogP contribution in [0.4, 0.5) is 11.4 Å². The van der Waals surface area contributed by atoms with Crippen LogP contribution in [0.15, 0.2) is 48.7 Å². The lowest BCUT2D eigenvalue weighted by molar-refractivity contribution is 0.0527. The Hall–Kier alpha value is -3.08. The number of nitrogens with one attached hydrogen (secondary N) is 1. The minimum Gasteiger partial charge on any atom is -0.491 e. The zero-order valence-corrected chi connectivity index (χ0v) is 16.6. The molecule has 0 aliphatic carbocycles. The fraction of sp³-hybridized carbons (Fsp3) is 0.304. The Kier molecular flexibility index (Phi) is 6.48. The summed E-state index contributed by atoms with van der Waals surface area (Å²) in [4.78, 5) is 17.0. The molecule has 2 aromatic carbocycles. The lowest BCUT2D eigenvalue weighted by atomic mass is 10.1. The molecule has 3 rings (SSSR count). The molecule has 0 fully saturated rings. The van der Waals surface area contributed by atoms with Crippen molar-refractivity contribution in [2.24, 2.45) is 0 Å². The zero-order valence-electron chi connectivity index (χ0n) is 16.6. The van der Waals surface area contributed by atoms with E-state index in [4.69, 9.17) is 9.47 Å². The molecule has 0 aliphatic heterocycles. The van der Waals surface area contributed by atoms with E-state index >= 15 is 0 Å². The van der Waals surface area contributed by atoms with E-state index in [9.17, 15) is 4.79 Å². The molecule has 1 aromatic heterocycles. The molecule has 0 aliphatic rings. The number of carbonyl (C=O) groups is 1. The Morgan fingerprint density at radius 1 is 1.11 bits per heavy atom. The van der Waals surface area contributed by atoms with Gasteiger partial charge in [-0.25, -0.2) is 4.79 Å². The summed E-state index contributed by atoms with van der Waals surface area (Å²) in [5, 5.41) is 4.28. The summed E-state index contributed by atoms with van der Waals surface area (Å²) in [5.74, 6) is 0.355. The number of benzene rings is 2. The number of pyridine rings is 1. The molecule has 5 nitrogen and oxygen atoms in total. The van der Waals surface area contributed by atoms with Crippen LogP contribution in [-0.2, 0) is 4.74 Å². The number of aromatic nitrogens is 1. The van der Waals surface area contributed by atoms with E-state index in [1.807, 2.05) is 49.4 Å². The minimum atomic E-state index is -0.398. The highest BCUT2D eigenvalue weighted by Crippen LogP contribution is 2.34. The van der Waals surface area contributed by atoms with Crippen LogP contribution in [0.2, 0.25) is 0 Å². The highest BCUT2D eigenvalue weighted by atomic mass is 16.5. The van der Waals surface area contributed by atoms with Crippen LogP contribution >= 0.6 is 0 Å². The molecule has 0 amide bonds. The van der Waals surface area contributed by atoms with Crippen molar-refractivity contribution in [3.8, 4) is 5.75 Å². The number of nitrogens with zero attached hydrogens (tertiary/aromatic N) is 1. The predicted octanol–water partition coefficient (Wildman–Crippen LogP) is 5.64. The summed E-state index contributed by atoms with van der Waals surface area (Å²) < 4.78 is 11.2. The second kappa shape index (κ2) is 9.22. The van der Waals surface area contributed by atoms with Crippen LogP contribution in [0.1, 0.15) is 42.6 Å². The van der Waals surface area contributed by atoms with Gasteiger partial charge in [-0.15, -0.1) is 0 Å². The summed E-state index contributed by atoms with van der Waals surface area (Å²) in [6, 6.07) is 13.7. The molecular weight excluding hydrogens is 352 g/mol. The van der Waals surface area contributed by atoms with E-state index < -0.39 is 5.97 Å². The van der Waals surface area contributed by atoms with Gasteiger partial charge in [0, 0.05) is 11.6 Å². The normalized spacial score (nSPS) is 10.7. The second-order valence-corrected chi connectivity index (χ2v) is 6.56. The Balaban J connectivity index is 2.08. The fourth-order valence-electron chi connectivity index (χ4n) is 3.03. The van der Waals surface area contributed by atoms with Crippen LogP contribution in [0, 0.1) is 6.92 Å². The molecule has 1 heterocycles. The summed E-state index contributed by atoms with van der Waals surface area (Å²) in [6.07, 6.45) is 3.63. The lowest BCUT2D eigenvalue weighted by Gasteiger charge is -2.17. The number of rotatable bonds is 8. The molecule has 1 N–H and O–H groups in total. The van der Waals surface area contributed by atoms with Gasteiger partial charge in [0.05, 0.1) is 30.1 Å². The number of para-hydroxylation sites is 3. The van der Waals surface area contributed by atoms with Crippen molar-refractivity contribution in [2.45, 2.75) is 33.6 Å². The number of esters is 1. The number of carbonyl (C=O) groups excluding carboxylic acids is 1. The maximum atomic E-state index is 12.5. The largest absolute Gasteiger partial charge is 0.491 e. The van der Waals surface area contributed by atoms with Gasteiger partial charge in [0.25, 0.3) is 0 Å². The van der Waals surface area contributed by atoms with Gasteiger partial charge in [-0.1, -0.05) is 43.7 Å². The van der Waals surface area contributed by atoms with Gasteiger partial charge in [-0.05, 0) is 38.0 Å². The average molecular weight is 378 g/mol. The van der Waals surface area contributed by atoms with Gasteiger partial charge >= 0.3 is 5.97 Å². The quantitative estimate of drug-likeness (QED) is 0.406. The van der Waals surface area contributed by atoms with Crippen molar-refractivity contribution in [1.82, 2.24) is 4.98 Å². The number of hydrogen-bond donors (Lipinski definition) is 1. The Morgan fingerprint density at radius 2 is 1.93 bits per heavy atom. The van der Waals surface area contributed by atoms with Crippen LogP contribution in [0.3, 0.4) is 0 Å². The number of aryl methyl sites for hydroxylation is 1. The Bertz CT molecular complexity index is 969.